The quantitative estimate of drug-likeness (QED) is 0.721. The number of rotatable bonds is 1. The maximum absolute atomic E-state index is 9.00. The molecule has 0 unspecified atom stereocenters. The third-order valence-electron chi connectivity index (χ3n) is 3.34. The fourth-order valence-electron chi connectivity index (χ4n) is 1.99. The van der Waals surface area contributed by atoms with Crippen LogP contribution in [-0.2, 0) is 7.05 Å². The number of hydrogen-bond acceptors (Lipinski definition) is 3. The van der Waals surface area contributed by atoms with Crippen molar-refractivity contribution in [2.75, 3.05) is 18.0 Å². The Morgan fingerprint density at radius 3 is 2.56 bits per heavy atom. The Hall–Kier alpha value is -1.50. The third kappa shape index (κ3) is 1.78. The van der Waals surface area contributed by atoms with Crippen molar-refractivity contribution in [3.8, 4) is 6.07 Å². The van der Waals surface area contributed by atoms with Gasteiger partial charge in [0.15, 0.2) is 5.82 Å². The third-order valence-corrected chi connectivity index (χ3v) is 3.34. The van der Waals surface area contributed by atoms with Gasteiger partial charge in [-0.1, -0.05) is 20.8 Å². The highest BCUT2D eigenvalue weighted by molar-refractivity contribution is 5.54. The second-order valence-corrected chi connectivity index (χ2v) is 5.62. The molecule has 0 amide bonds. The van der Waals surface area contributed by atoms with Gasteiger partial charge in [0, 0.05) is 26.3 Å². The zero-order chi connectivity index (χ0) is 11.9. The second kappa shape index (κ2) is 3.51. The van der Waals surface area contributed by atoms with E-state index in [2.05, 4.69) is 36.8 Å². The van der Waals surface area contributed by atoms with Gasteiger partial charge in [0.2, 0.25) is 0 Å². The molecule has 4 nitrogen and oxygen atoms in total. The second-order valence-electron chi connectivity index (χ2n) is 5.62. The molecular weight excluding hydrogens is 200 g/mol. The van der Waals surface area contributed by atoms with Crippen molar-refractivity contribution in [1.29, 1.82) is 5.26 Å². The molecule has 16 heavy (non-hydrogen) atoms. The molecule has 1 fully saturated rings. The van der Waals surface area contributed by atoms with Crippen molar-refractivity contribution in [3.63, 3.8) is 0 Å². The SMILES string of the molecule is Cn1cc(C#N)c(N2CC(C(C)(C)C)C2)n1. The lowest BCUT2D eigenvalue weighted by Gasteiger charge is -2.46. The fraction of sp³-hybridized carbons (Fsp3) is 0.667. The first-order chi connectivity index (χ1) is 7.41. The lowest BCUT2D eigenvalue weighted by atomic mass is 9.76. The summed E-state index contributed by atoms with van der Waals surface area (Å²) in [5, 5.41) is 13.3. The van der Waals surface area contributed by atoms with Crippen LogP contribution in [0.2, 0.25) is 0 Å². The van der Waals surface area contributed by atoms with Gasteiger partial charge in [-0.05, 0) is 11.3 Å². The molecule has 0 aromatic carbocycles. The van der Waals surface area contributed by atoms with E-state index in [4.69, 9.17) is 5.26 Å². The highest BCUT2D eigenvalue weighted by Crippen LogP contribution is 2.36. The minimum absolute atomic E-state index is 0.345. The van der Waals surface area contributed by atoms with Gasteiger partial charge in [0.25, 0.3) is 0 Å². The fourth-order valence-corrected chi connectivity index (χ4v) is 1.99. The first-order valence-electron chi connectivity index (χ1n) is 5.60. The Balaban J connectivity index is 2.10. The van der Waals surface area contributed by atoms with E-state index in [1.54, 1.807) is 10.9 Å². The smallest absolute Gasteiger partial charge is 0.168 e. The Morgan fingerprint density at radius 1 is 1.44 bits per heavy atom. The molecule has 86 valence electrons. The largest absolute Gasteiger partial charge is 0.353 e. The average molecular weight is 218 g/mol. The van der Waals surface area contributed by atoms with Crippen molar-refractivity contribution in [1.82, 2.24) is 9.78 Å². The summed E-state index contributed by atoms with van der Waals surface area (Å²) in [5.74, 6) is 1.53. The Kier molecular flexibility index (Phi) is 2.42. The topological polar surface area (TPSA) is 44.9 Å². The summed E-state index contributed by atoms with van der Waals surface area (Å²) in [7, 11) is 1.85. The summed E-state index contributed by atoms with van der Waals surface area (Å²) in [5.41, 5.74) is 1.02. The number of anilines is 1. The van der Waals surface area contributed by atoms with Crippen LogP contribution in [0.15, 0.2) is 6.20 Å². The van der Waals surface area contributed by atoms with Crippen molar-refractivity contribution in [3.05, 3.63) is 11.8 Å². The number of aromatic nitrogens is 2. The highest BCUT2D eigenvalue weighted by Gasteiger charge is 2.37. The van der Waals surface area contributed by atoms with E-state index < -0.39 is 0 Å². The molecule has 0 N–H and O–H groups in total. The van der Waals surface area contributed by atoms with Crippen LogP contribution in [-0.4, -0.2) is 22.9 Å². The molecule has 0 saturated carbocycles. The van der Waals surface area contributed by atoms with Crippen molar-refractivity contribution in [2.45, 2.75) is 20.8 Å². The van der Waals surface area contributed by atoms with Crippen molar-refractivity contribution in [2.24, 2.45) is 18.4 Å². The van der Waals surface area contributed by atoms with E-state index in [0.29, 0.717) is 16.9 Å². The predicted octanol–water partition coefficient (Wildman–Crippen LogP) is 1.77. The summed E-state index contributed by atoms with van der Waals surface area (Å²) in [4.78, 5) is 2.19. The van der Waals surface area contributed by atoms with E-state index >= 15 is 0 Å². The molecule has 1 aromatic rings. The molecule has 4 heteroatoms. The van der Waals surface area contributed by atoms with Crippen LogP contribution in [0.5, 0.6) is 0 Å². The van der Waals surface area contributed by atoms with Gasteiger partial charge in [-0.3, -0.25) is 4.68 Å². The summed E-state index contributed by atoms with van der Waals surface area (Å²) in [6.45, 7) is 8.81. The van der Waals surface area contributed by atoms with Gasteiger partial charge in [0.05, 0.1) is 0 Å². The van der Waals surface area contributed by atoms with Crippen LogP contribution in [0.1, 0.15) is 26.3 Å². The molecule has 0 aliphatic carbocycles. The van der Waals surface area contributed by atoms with Crippen LogP contribution in [0, 0.1) is 22.7 Å². The zero-order valence-corrected chi connectivity index (χ0v) is 10.4. The number of aryl methyl sites for hydroxylation is 1. The molecule has 0 bridgehead atoms. The zero-order valence-electron chi connectivity index (χ0n) is 10.4. The van der Waals surface area contributed by atoms with Crippen LogP contribution >= 0.6 is 0 Å². The van der Waals surface area contributed by atoms with Crippen molar-refractivity contribution < 1.29 is 0 Å². The minimum atomic E-state index is 0.345. The van der Waals surface area contributed by atoms with Gasteiger partial charge in [-0.25, -0.2) is 0 Å². The van der Waals surface area contributed by atoms with Gasteiger partial charge in [0.1, 0.15) is 11.6 Å². The predicted molar refractivity (Wildman–Crippen MR) is 63.1 cm³/mol. The lowest BCUT2D eigenvalue weighted by Crippen LogP contribution is -2.52. The molecule has 1 aromatic heterocycles. The molecule has 0 atom stereocenters. The monoisotopic (exact) mass is 218 g/mol. The summed E-state index contributed by atoms with van der Waals surface area (Å²) in [6, 6.07) is 2.19. The van der Waals surface area contributed by atoms with Crippen molar-refractivity contribution >= 4 is 5.82 Å². The summed E-state index contributed by atoms with van der Waals surface area (Å²) >= 11 is 0. The molecule has 2 rings (SSSR count). The van der Waals surface area contributed by atoms with Gasteiger partial charge >= 0.3 is 0 Å². The first kappa shape index (κ1) is 11.0. The minimum Gasteiger partial charge on any atom is -0.353 e. The molecule has 0 radical (unpaired) electrons. The van der Waals surface area contributed by atoms with Crippen LogP contribution in [0.25, 0.3) is 0 Å². The molecular formula is C12H18N4. The van der Waals surface area contributed by atoms with E-state index in [9.17, 15) is 0 Å². The lowest BCUT2D eigenvalue weighted by molar-refractivity contribution is 0.194. The summed E-state index contributed by atoms with van der Waals surface area (Å²) < 4.78 is 1.71. The van der Waals surface area contributed by atoms with E-state index in [1.807, 2.05) is 7.05 Å². The van der Waals surface area contributed by atoms with E-state index in [0.717, 1.165) is 18.9 Å². The molecule has 1 aliphatic rings. The Bertz CT molecular complexity index is 427. The van der Waals surface area contributed by atoms with E-state index in [-0.39, 0.29) is 0 Å². The van der Waals surface area contributed by atoms with Crippen LogP contribution in [0.3, 0.4) is 0 Å². The molecule has 1 saturated heterocycles. The maximum Gasteiger partial charge on any atom is 0.168 e. The molecule has 1 aliphatic heterocycles. The molecule has 0 spiro atoms. The molecule has 2 heterocycles. The van der Waals surface area contributed by atoms with Gasteiger partial charge < -0.3 is 4.90 Å². The van der Waals surface area contributed by atoms with Gasteiger partial charge in [-0.2, -0.15) is 10.4 Å². The Labute approximate surface area is 96.5 Å². The summed E-state index contributed by atoms with van der Waals surface area (Å²) in [6.07, 6.45) is 1.78. The Morgan fingerprint density at radius 2 is 2.06 bits per heavy atom. The number of nitrogens with zero attached hydrogens (tertiary/aromatic N) is 4. The highest BCUT2D eigenvalue weighted by atomic mass is 15.4. The van der Waals surface area contributed by atoms with E-state index in [1.165, 1.54) is 0 Å². The maximum atomic E-state index is 9.00. The number of hydrogen-bond donors (Lipinski definition) is 0. The average Bonchev–Trinajstić information content (AvgIpc) is 2.41. The van der Waals surface area contributed by atoms with Crippen LogP contribution < -0.4 is 4.90 Å². The van der Waals surface area contributed by atoms with Gasteiger partial charge in [-0.15, -0.1) is 0 Å². The first-order valence-corrected chi connectivity index (χ1v) is 5.60. The number of nitriles is 1. The standard InChI is InChI=1S/C12H18N4/c1-12(2,3)10-7-16(8-10)11-9(5-13)6-15(4)14-11/h6,10H,7-8H2,1-4H3. The van der Waals surface area contributed by atoms with Crippen LogP contribution in [0.4, 0.5) is 5.82 Å². The normalized spacial score (nSPS) is 17.1.